The molecular weight excluding hydrogens is 258 g/mol. The van der Waals surface area contributed by atoms with Crippen LogP contribution in [0.15, 0.2) is 16.8 Å². The number of aliphatic hydroxyl groups is 1. The molecule has 1 aliphatic carbocycles. The molecule has 1 amide bonds. The van der Waals surface area contributed by atoms with Crippen molar-refractivity contribution in [3.8, 4) is 0 Å². The Morgan fingerprint density at radius 2 is 2.11 bits per heavy atom. The van der Waals surface area contributed by atoms with Gasteiger partial charge in [0.25, 0.3) is 0 Å². The Morgan fingerprint density at radius 3 is 2.68 bits per heavy atom. The summed E-state index contributed by atoms with van der Waals surface area (Å²) in [5.74, 6) is -0.128. The van der Waals surface area contributed by atoms with E-state index >= 15 is 0 Å². The summed E-state index contributed by atoms with van der Waals surface area (Å²) < 4.78 is 0. The first-order chi connectivity index (χ1) is 9.11. The first-order valence-electron chi connectivity index (χ1n) is 7.13. The van der Waals surface area contributed by atoms with Crippen LogP contribution in [0.3, 0.4) is 0 Å². The molecule has 3 nitrogen and oxygen atoms in total. The molecule has 0 spiro atoms. The predicted octanol–water partition coefficient (Wildman–Crippen LogP) is 3.05. The Hall–Kier alpha value is -0.870. The fraction of sp³-hybridized carbons (Fsp3) is 0.667. The van der Waals surface area contributed by atoms with Crippen molar-refractivity contribution in [1.29, 1.82) is 0 Å². The standard InChI is InChI=1S/C15H23NO2S/c1-12(13-6-9-19-10-13)14(17)16-11-15(18)7-4-2-3-5-8-15/h6,9-10,12,18H,2-5,7-8,11H2,1H3,(H,16,17). The fourth-order valence-electron chi connectivity index (χ4n) is 2.64. The van der Waals surface area contributed by atoms with E-state index in [1.807, 2.05) is 23.8 Å². The molecule has 1 aromatic rings. The van der Waals surface area contributed by atoms with Crippen molar-refractivity contribution < 1.29 is 9.90 Å². The summed E-state index contributed by atoms with van der Waals surface area (Å²) in [6.45, 7) is 2.30. The highest BCUT2D eigenvalue weighted by molar-refractivity contribution is 7.08. The first kappa shape index (κ1) is 14.5. The molecule has 0 aromatic carbocycles. The van der Waals surface area contributed by atoms with Crippen molar-refractivity contribution >= 4 is 17.2 Å². The van der Waals surface area contributed by atoms with Crippen LogP contribution >= 0.6 is 11.3 Å². The summed E-state index contributed by atoms with van der Waals surface area (Å²) >= 11 is 1.60. The summed E-state index contributed by atoms with van der Waals surface area (Å²) in [5, 5.41) is 17.4. The first-order valence-corrected chi connectivity index (χ1v) is 8.07. The highest BCUT2D eigenvalue weighted by Gasteiger charge is 2.29. The SMILES string of the molecule is CC(C(=O)NCC1(O)CCCCCC1)c1ccsc1. The second kappa shape index (κ2) is 6.53. The predicted molar refractivity (Wildman–Crippen MR) is 78.4 cm³/mol. The minimum Gasteiger partial charge on any atom is -0.388 e. The minimum atomic E-state index is -0.694. The fourth-order valence-corrected chi connectivity index (χ4v) is 3.40. The van der Waals surface area contributed by atoms with Gasteiger partial charge in [0.1, 0.15) is 0 Å². The van der Waals surface area contributed by atoms with Gasteiger partial charge in [0.2, 0.25) is 5.91 Å². The quantitative estimate of drug-likeness (QED) is 0.833. The molecule has 19 heavy (non-hydrogen) atoms. The van der Waals surface area contributed by atoms with Gasteiger partial charge in [-0.3, -0.25) is 4.79 Å². The van der Waals surface area contributed by atoms with E-state index in [9.17, 15) is 9.90 Å². The van der Waals surface area contributed by atoms with E-state index < -0.39 is 5.60 Å². The largest absolute Gasteiger partial charge is 0.388 e. The van der Waals surface area contributed by atoms with Crippen LogP contribution in [0.1, 0.15) is 56.9 Å². The number of hydrogen-bond acceptors (Lipinski definition) is 3. The van der Waals surface area contributed by atoms with Crippen LogP contribution in [0.5, 0.6) is 0 Å². The molecule has 1 aromatic heterocycles. The Balaban J connectivity index is 1.85. The van der Waals surface area contributed by atoms with E-state index in [4.69, 9.17) is 0 Å². The van der Waals surface area contributed by atoms with Gasteiger partial charge in [-0.25, -0.2) is 0 Å². The lowest BCUT2D eigenvalue weighted by molar-refractivity contribution is -0.123. The van der Waals surface area contributed by atoms with Gasteiger partial charge in [-0.05, 0) is 42.2 Å². The van der Waals surface area contributed by atoms with Gasteiger partial charge >= 0.3 is 0 Å². The molecule has 1 saturated carbocycles. The second-order valence-corrected chi connectivity index (χ2v) is 6.41. The van der Waals surface area contributed by atoms with Crippen molar-refractivity contribution in [2.24, 2.45) is 0 Å². The number of amides is 1. The molecule has 106 valence electrons. The molecule has 0 radical (unpaired) electrons. The number of carbonyl (C=O) groups excluding carboxylic acids is 1. The zero-order valence-corrected chi connectivity index (χ0v) is 12.3. The molecule has 1 aliphatic rings. The molecule has 1 fully saturated rings. The van der Waals surface area contributed by atoms with E-state index in [0.29, 0.717) is 6.54 Å². The molecule has 0 saturated heterocycles. The molecule has 2 N–H and O–H groups in total. The molecule has 1 unspecified atom stereocenters. The number of rotatable bonds is 4. The third-order valence-electron chi connectivity index (χ3n) is 4.06. The lowest BCUT2D eigenvalue weighted by atomic mass is 9.94. The van der Waals surface area contributed by atoms with Gasteiger partial charge in [0.05, 0.1) is 11.5 Å². The van der Waals surface area contributed by atoms with Crippen LogP contribution in [0.25, 0.3) is 0 Å². The molecule has 4 heteroatoms. The van der Waals surface area contributed by atoms with Crippen LogP contribution in [-0.2, 0) is 4.79 Å². The smallest absolute Gasteiger partial charge is 0.227 e. The maximum atomic E-state index is 12.1. The van der Waals surface area contributed by atoms with Gasteiger partial charge in [0, 0.05) is 6.54 Å². The minimum absolute atomic E-state index is 0.0103. The van der Waals surface area contributed by atoms with Crippen LogP contribution in [0.2, 0.25) is 0 Å². The highest BCUT2D eigenvalue weighted by Crippen LogP contribution is 2.26. The lowest BCUT2D eigenvalue weighted by Crippen LogP contribution is -2.43. The Kier molecular flexibility index (Phi) is 4.99. The topological polar surface area (TPSA) is 49.3 Å². The molecule has 0 aliphatic heterocycles. The third-order valence-corrected chi connectivity index (χ3v) is 4.76. The summed E-state index contributed by atoms with van der Waals surface area (Å²) in [6.07, 6.45) is 6.13. The monoisotopic (exact) mass is 281 g/mol. The van der Waals surface area contributed by atoms with Crippen LogP contribution in [-0.4, -0.2) is 23.2 Å². The van der Waals surface area contributed by atoms with E-state index in [-0.39, 0.29) is 11.8 Å². The number of thiophene rings is 1. The normalized spacial score (nSPS) is 20.5. The molecule has 1 heterocycles. The second-order valence-electron chi connectivity index (χ2n) is 5.63. The maximum Gasteiger partial charge on any atom is 0.227 e. The van der Waals surface area contributed by atoms with Crippen molar-refractivity contribution in [3.05, 3.63) is 22.4 Å². The third kappa shape index (κ3) is 4.05. The van der Waals surface area contributed by atoms with Crippen molar-refractivity contribution in [1.82, 2.24) is 5.32 Å². The van der Waals surface area contributed by atoms with E-state index in [0.717, 1.165) is 31.2 Å². The van der Waals surface area contributed by atoms with Gasteiger partial charge in [-0.2, -0.15) is 11.3 Å². The summed E-state index contributed by atoms with van der Waals surface area (Å²) in [5.41, 5.74) is 0.357. The summed E-state index contributed by atoms with van der Waals surface area (Å²) in [4.78, 5) is 12.1. The Labute approximate surface area is 119 Å². The summed E-state index contributed by atoms with van der Waals surface area (Å²) in [7, 11) is 0. The average Bonchev–Trinajstić information content (AvgIpc) is 2.85. The zero-order chi connectivity index (χ0) is 13.7. The number of carbonyl (C=O) groups is 1. The Bertz CT molecular complexity index is 394. The van der Waals surface area contributed by atoms with Gasteiger partial charge in [0.15, 0.2) is 0 Å². The zero-order valence-electron chi connectivity index (χ0n) is 11.5. The van der Waals surface area contributed by atoms with E-state index in [2.05, 4.69) is 5.32 Å². The lowest BCUT2D eigenvalue weighted by Gasteiger charge is -2.27. The van der Waals surface area contributed by atoms with Gasteiger partial charge in [-0.15, -0.1) is 0 Å². The average molecular weight is 281 g/mol. The van der Waals surface area contributed by atoms with Crippen LogP contribution in [0, 0.1) is 0 Å². The molecule has 2 rings (SSSR count). The molecular formula is C15H23NO2S. The number of nitrogens with one attached hydrogen (secondary N) is 1. The Morgan fingerprint density at radius 1 is 1.42 bits per heavy atom. The van der Waals surface area contributed by atoms with Gasteiger partial charge < -0.3 is 10.4 Å². The molecule has 0 bridgehead atoms. The van der Waals surface area contributed by atoms with E-state index in [1.54, 1.807) is 11.3 Å². The van der Waals surface area contributed by atoms with Crippen LogP contribution in [0.4, 0.5) is 0 Å². The van der Waals surface area contributed by atoms with Crippen molar-refractivity contribution in [2.45, 2.75) is 57.0 Å². The summed E-state index contributed by atoms with van der Waals surface area (Å²) in [6, 6.07) is 1.98. The van der Waals surface area contributed by atoms with Crippen LogP contribution < -0.4 is 5.32 Å². The van der Waals surface area contributed by atoms with Crippen molar-refractivity contribution in [2.75, 3.05) is 6.54 Å². The maximum absolute atomic E-state index is 12.1. The van der Waals surface area contributed by atoms with E-state index in [1.165, 1.54) is 12.8 Å². The van der Waals surface area contributed by atoms with Gasteiger partial charge in [-0.1, -0.05) is 25.7 Å². The highest BCUT2D eigenvalue weighted by atomic mass is 32.1. The molecule has 1 atom stereocenters. The van der Waals surface area contributed by atoms with Crippen molar-refractivity contribution in [3.63, 3.8) is 0 Å². The number of hydrogen-bond donors (Lipinski definition) is 2.